The monoisotopic (exact) mass is 263 g/mol. The van der Waals surface area contributed by atoms with E-state index in [1.54, 1.807) is 0 Å². The average Bonchev–Trinajstić information content (AvgIpc) is 3.07. The highest BCUT2D eigenvalue weighted by atomic mass is 35.5. The fourth-order valence-corrected chi connectivity index (χ4v) is 2.79. The van der Waals surface area contributed by atoms with E-state index < -0.39 is 0 Å². The van der Waals surface area contributed by atoms with Gasteiger partial charge in [-0.3, -0.25) is 0 Å². The summed E-state index contributed by atoms with van der Waals surface area (Å²) in [4.78, 5) is 9.14. The molecule has 0 atom stereocenters. The van der Waals surface area contributed by atoms with Crippen molar-refractivity contribution in [2.45, 2.75) is 45.5 Å². The van der Waals surface area contributed by atoms with Gasteiger partial charge in [-0.25, -0.2) is 9.97 Å². The van der Waals surface area contributed by atoms with Crippen molar-refractivity contribution in [3.63, 3.8) is 0 Å². The molecule has 3 nitrogen and oxygen atoms in total. The Morgan fingerprint density at radius 3 is 2.83 bits per heavy atom. The number of nitrogens with zero attached hydrogens (tertiary/aromatic N) is 3. The van der Waals surface area contributed by atoms with Crippen LogP contribution in [0, 0.1) is 12.3 Å². The van der Waals surface area contributed by atoms with Crippen molar-refractivity contribution in [3.05, 3.63) is 23.7 Å². The van der Waals surface area contributed by atoms with Gasteiger partial charge in [-0.15, -0.1) is 11.6 Å². The molecule has 0 unspecified atom stereocenters. The van der Waals surface area contributed by atoms with Crippen LogP contribution in [-0.4, -0.2) is 14.5 Å². The number of fused-ring (bicyclic) bond motifs is 1. The maximum absolute atomic E-state index is 6.04. The van der Waals surface area contributed by atoms with Gasteiger partial charge in [-0.05, 0) is 43.2 Å². The van der Waals surface area contributed by atoms with E-state index in [-0.39, 0.29) is 0 Å². The quantitative estimate of drug-likeness (QED) is 0.788. The summed E-state index contributed by atoms with van der Waals surface area (Å²) >= 11 is 6.04. The highest BCUT2D eigenvalue weighted by Gasteiger charge is 2.41. The lowest BCUT2D eigenvalue weighted by Gasteiger charge is -2.15. The molecule has 96 valence electrons. The third-order valence-electron chi connectivity index (χ3n) is 4.23. The lowest BCUT2D eigenvalue weighted by atomic mass is 10.0. The van der Waals surface area contributed by atoms with Gasteiger partial charge in [0.15, 0.2) is 5.65 Å². The summed E-state index contributed by atoms with van der Waals surface area (Å²) in [5.74, 6) is 1.41. The highest BCUT2D eigenvalue weighted by molar-refractivity contribution is 6.16. The maximum Gasteiger partial charge on any atom is 0.160 e. The van der Waals surface area contributed by atoms with Crippen LogP contribution in [0.5, 0.6) is 0 Å². The van der Waals surface area contributed by atoms with Gasteiger partial charge in [-0.1, -0.05) is 6.92 Å². The second kappa shape index (κ2) is 4.23. The Labute approximate surface area is 112 Å². The van der Waals surface area contributed by atoms with Crippen LogP contribution in [0.15, 0.2) is 12.3 Å². The van der Waals surface area contributed by atoms with Crippen LogP contribution in [0.1, 0.15) is 37.6 Å². The summed E-state index contributed by atoms with van der Waals surface area (Å²) < 4.78 is 2.23. The van der Waals surface area contributed by atoms with Crippen LogP contribution in [-0.2, 0) is 12.4 Å². The molecule has 1 aliphatic carbocycles. The molecule has 4 heteroatoms. The first-order valence-electron chi connectivity index (χ1n) is 6.56. The van der Waals surface area contributed by atoms with E-state index in [4.69, 9.17) is 11.6 Å². The Balaban J connectivity index is 2.11. The molecule has 1 aliphatic rings. The van der Waals surface area contributed by atoms with Gasteiger partial charge >= 0.3 is 0 Å². The standard InChI is InChI=1S/C14H18ClN3/c1-3-14(5-6-14)9-18-11(8-15)17-12-10(2)4-7-16-13(12)18/h4,7H,3,5-6,8-9H2,1-2H3. The third-order valence-corrected chi connectivity index (χ3v) is 4.47. The molecule has 0 N–H and O–H groups in total. The molecule has 2 heterocycles. The lowest BCUT2D eigenvalue weighted by molar-refractivity contribution is 0.408. The van der Waals surface area contributed by atoms with E-state index in [2.05, 4.69) is 28.4 Å². The number of aromatic nitrogens is 3. The molecule has 0 spiro atoms. The summed E-state index contributed by atoms with van der Waals surface area (Å²) in [6.45, 7) is 5.36. The average molecular weight is 264 g/mol. The Kier molecular flexibility index (Phi) is 2.81. The molecule has 3 rings (SSSR count). The predicted molar refractivity (Wildman–Crippen MR) is 73.8 cm³/mol. The van der Waals surface area contributed by atoms with Gasteiger partial charge in [0.05, 0.1) is 5.88 Å². The van der Waals surface area contributed by atoms with E-state index in [0.29, 0.717) is 11.3 Å². The highest BCUT2D eigenvalue weighted by Crippen LogP contribution is 2.50. The molecule has 1 fully saturated rings. The molecule has 0 bridgehead atoms. The number of hydrogen-bond donors (Lipinski definition) is 0. The Bertz CT molecular complexity index is 584. The van der Waals surface area contributed by atoms with Gasteiger partial charge in [0.1, 0.15) is 11.3 Å². The summed E-state index contributed by atoms with van der Waals surface area (Å²) in [5, 5.41) is 0. The molecule has 2 aromatic rings. The normalized spacial score (nSPS) is 17.3. The molecule has 2 aromatic heterocycles. The molecule has 0 aromatic carbocycles. The minimum Gasteiger partial charge on any atom is -0.311 e. The molecule has 0 radical (unpaired) electrons. The molecule has 1 saturated carbocycles. The molecular formula is C14H18ClN3. The zero-order valence-electron chi connectivity index (χ0n) is 10.9. The zero-order chi connectivity index (χ0) is 12.8. The smallest absolute Gasteiger partial charge is 0.160 e. The van der Waals surface area contributed by atoms with Gasteiger partial charge in [0.2, 0.25) is 0 Å². The topological polar surface area (TPSA) is 30.7 Å². The van der Waals surface area contributed by atoms with E-state index >= 15 is 0 Å². The summed E-state index contributed by atoms with van der Waals surface area (Å²) in [7, 11) is 0. The number of imidazole rings is 1. The van der Waals surface area contributed by atoms with Crippen molar-refractivity contribution < 1.29 is 0 Å². The Morgan fingerprint density at radius 2 is 2.22 bits per heavy atom. The van der Waals surface area contributed by atoms with Crippen LogP contribution in [0.2, 0.25) is 0 Å². The Morgan fingerprint density at radius 1 is 1.44 bits per heavy atom. The molecule has 0 aliphatic heterocycles. The molecule has 18 heavy (non-hydrogen) atoms. The fourth-order valence-electron chi connectivity index (χ4n) is 2.59. The minimum atomic E-state index is 0.454. The number of halogens is 1. The van der Waals surface area contributed by atoms with E-state index in [1.165, 1.54) is 24.8 Å². The van der Waals surface area contributed by atoms with Crippen LogP contribution in [0.3, 0.4) is 0 Å². The van der Waals surface area contributed by atoms with Crippen LogP contribution >= 0.6 is 11.6 Å². The summed E-state index contributed by atoms with van der Waals surface area (Å²) in [6.07, 6.45) is 5.72. The Hall–Kier alpha value is -1.09. The maximum atomic E-state index is 6.04. The number of hydrogen-bond acceptors (Lipinski definition) is 2. The number of alkyl halides is 1. The van der Waals surface area contributed by atoms with Gasteiger partial charge < -0.3 is 4.57 Å². The van der Waals surface area contributed by atoms with Crippen molar-refractivity contribution in [1.82, 2.24) is 14.5 Å². The van der Waals surface area contributed by atoms with Gasteiger partial charge in [0, 0.05) is 12.7 Å². The van der Waals surface area contributed by atoms with Gasteiger partial charge in [-0.2, -0.15) is 0 Å². The second-order valence-electron chi connectivity index (χ2n) is 5.40. The first-order chi connectivity index (χ1) is 8.69. The zero-order valence-corrected chi connectivity index (χ0v) is 11.7. The molecule has 0 saturated heterocycles. The van der Waals surface area contributed by atoms with Crippen LogP contribution < -0.4 is 0 Å². The number of aryl methyl sites for hydroxylation is 1. The first kappa shape index (κ1) is 12.0. The van der Waals surface area contributed by atoms with Crippen molar-refractivity contribution in [1.29, 1.82) is 0 Å². The minimum absolute atomic E-state index is 0.454. The predicted octanol–water partition coefficient (Wildman–Crippen LogP) is 3.67. The van der Waals surface area contributed by atoms with Crippen LogP contribution in [0.25, 0.3) is 11.2 Å². The van der Waals surface area contributed by atoms with Gasteiger partial charge in [0.25, 0.3) is 0 Å². The molecular weight excluding hydrogens is 246 g/mol. The van der Waals surface area contributed by atoms with E-state index in [9.17, 15) is 0 Å². The lowest BCUT2D eigenvalue weighted by Crippen LogP contribution is -2.13. The number of rotatable bonds is 4. The fraction of sp³-hybridized carbons (Fsp3) is 0.571. The van der Waals surface area contributed by atoms with Crippen molar-refractivity contribution in [2.75, 3.05) is 0 Å². The first-order valence-corrected chi connectivity index (χ1v) is 7.09. The summed E-state index contributed by atoms with van der Waals surface area (Å²) in [5.41, 5.74) is 3.64. The summed E-state index contributed by atoms with van der Waals surface area (Å²) in [6, 6.07) is 2.00. The number of pyridine rings is 1. The van der Waals surface area contributed by atoms with E-state index in [1.807, 2.05) is 12.3 Å². The van der Waals surface area contributed by atoms with Crippen molar-refractivity contribution in [3.8, 4) is 0 Å². The van der Waals surface area contributed by atoms with Crippen molar-refractivity contribution >= 4 is 22.8 Å². The third kappa shape index (κ3) is 1.81. The second-order valence-corrected chi connectivity index (χ2v) is 5.67. The van der Waals surface area contributed by atoms with E-state index in [0.717, 1.165) is 23.5 Å². The molecule has 0 amide bonds. The van der Waals surface area contributed by atoms with Crippen molar-refractivity contribution in [2.24, 2.45) is 5.41 Å². The van der Waals surface area contributed by atoms with Crippen LogP contribution in [0.4, 0.5) is 0 Å². The SMILES string of the molecule is CCC1(Cn2c(CCl)nc3c(C)ccnc32)CC1. The largest absolute Gasteiger partial charge is 0.311 e.